The largest absolute Gasteiger partial charge is 0.469 e. The van der Waals surface area contributed by atoms with E-state index in [0.29, 0.717) is 25.8 Å². The van der Waals surface area contributed by atoms with Gasteiger partial charge in [-0.2, -0.15) is 5.26 Å². The molecule has 2 heterocycles. The Morgan fingerprint density at radius 1 is 1.14 bits per heavy atom. The lowest BCUT2D eigenvalue weighted by atomic mass is 9.43. The number of carbonyl (C=O) groups is 1. The molecule has 7 heteroatoms. The third kappa shape index (κ3) is 5.19. The molecule has 0 spiro atoms. The summed E-state index contributed by atoms with van der Waals surface area (Å²) in [6.45, 7) is 13.3. The van der Waals surface area contributed by atoms with Crippen molar-refractivity contribution >= 4 is 22.9 Å². The molecule has 43 heavy (non-hydrogen) atoms. The third-order valence-electron chi connectivity index (χ3n) is 11.6. The molecule has 1 fully saturated rings. The number of H-pyrrole nitrogens is 1. The van der Waals surface area contributed by atoms with Crippen molar-refractivity contribution in [3.63, 3.8) is 0 Å². The van der Waals surface area contributed by atoms with Crippen LogP contribution in [-0.4, -0.2) is 47.8 Å². The van der Waals surface area contributed by atoms with E-state index in [1.165, 1.54) is 7.11 Å². The van der Waals surface area contributed by atoms with E-state index in [0.717, 1.165) is 60.0 Å². The molecule has 7 atom stereocenters. The van der Waals surface area contributed by atoms with E-state index < -0.39 is 17.1 Å². The van der Waals surface area contributed by atoms with Gasteiger partial charge >= 0.3 is 5.97 Å². The summed E-state index contributed by atoms with van der Waals surface area (Å²) in [6.07, 6.45) is 9.79. The number of esters is 1. The van der Waals surface area contributed by atoms with Crippen LogP contribution in [0.25, 0.3) is 17.0 Å². The zero-order chi connectivity index (χ0) is 31.6. The highest BCUT2D eigenvalue weighted by molar-refractivity contribution is 5.91. The quantitative estimate of drug-likeness (QED) is 0.228. The number of rotatable bonds is 9. The van der Waals surface area contributed by atoms with Gasteiger partial charge in [-0.1, -0.05) is 78.5 Å². The van der Waals surface area contributed by atoms with E-state index in [9.17, 15) is 15.2 Å². The number of aromatic nitrogens is 1. The maximum Gasteiger partial charge on any atom is 0.314 e. The molecule has 0 bridgehead atoms. The fourth-order valence-corrected chi connectivity index (χ4v) is 8.97. The molecule has 1 aliphatic carbocycles. The molecular formula is C36H53N3O4. The van der Waals surface area contributed by atoms with E-state index >= 15 is 0 Å². The fraction of sp³-hybridized carbons (Fsp3) is 0.667. The number of aliphatic hydroxyl groups excluding tert-OH is 1. The average Bonchev–Trinajstić information content (AvgIpc) is 3.39. The minimum absolute atomic E-state index is 0.0802. The van der Waals surface area contributed by atoms with E-state index in [1.807, 2.05) is 24.0 Å². The second-order valence-corrected chi connectivity index (χ2v) is 13.3. The van der Waals surface area contributed by atoms with Gasteiger partial charge in [0, 0.05) is 35.8 Å². The number of para-hydroxylation sites is 1. The second-order valence-electron chi connectivity index (χ2n) is 13.3. The first kappa shape index (κ1) is 33.1. The standard InChI is InChI=1S/C36H53N3O4/c1-9-13-17-27-32(40)36(19-10-2,33(41)42-7)28-21-35(12-4,43-8)31-26(25-16-14-15-18-30(25)38-31)20-24(5)39(23-37)22-29(28)34(27,6)11-3/h14-16,18,20,27-29,32,38,40H,9-13,17,19,21-22H2,1-8H3/b24-20+/t27-,28-,29-,32-,34?,35+,36+/m0/s1. The van der Waals surface area contributed by atoms with Crippen LogP contribution in [-0.2, 0) is 19.9 Å². The van der Waals surface area contributed by atoms with Crippen LogP contribution in [0.3, 0.4) is 0 Å². The van der Waals surface area contributed by atoms with E-state index in [4.69, 9.17) is 9.47 Å². The number of unbranched alkanes of at least 4 members (excludes halogenated alkanes) is 1. The zero-order valence-corrected chi connectivity index (χ0v) is 27.6. The Kier molecular flexibility index (Phi) is 10.0. The SMILES string of the molecule is CCCC[C@H]1[C@H](O)[C@](CCC)(C(=O)OC)[C@H]2C[C@@](CC)(OC)c3[nH]c4ccccc4c3/C=C(\C)N(C#N)C[C@@H]2C1(C)CC. The van der Waals surface area contributed by atoms with Gasteiger partial charge in [0.25, 0.3) is 0 Å². The van der Waals surface area contributed by atoms with Crippen LogP contribution in [0.1, 0.15) is 104 Å². The van der Waals surface area contributed by atoms with Gasteiger partial charge in [-0.05, 0) is 67.9 Å². The second kappa shape index (κ2) is 13.0. The van der Waals surface area contributed by atoms with Crippen molar-refractivity contribution in [1.29, 1.82) is 5.26 Å². The lowest BCUT2D eigenvalue weighted by molar-refractivity contribution is -0.221. The smallest absolute Gasteiger partial charge is 0.314 e. The van der Waals surface area contributed by atoms with Crippen molar-refractivity contribution in [3.05, 3.63) is 41.2 Å². The maximum atomic E-state index is 14.3. The Labute approximate surface area is 258 Å². The van der Waals surface area contributed by atoms with Crippen molar-refractivity contribution in [2.75, 3.05) is 20.8 Å². The zero-order valence-electron chi connectivity index (χ0n) is 27.6. The third-order valence-corrected chi connectivity index (χ3v) is 11.6. The summed E-state index contributed by atoms with van der Waals surface area (Å²) in [5.41, 5.74) is 1.59. The summed E-state index contributed by atoms with van der Waals surface area (Å²) in [5.74, 6) is -0.844. The van der Waals surface area contributed by atoms with Crippen LogP contribution in [0.2, 0.25) is 0 Å². The first-order valence-corrected chi connectivity index (χ1v) is 16.4. The van der Waals surface area contributed by atoms with Crippen molar-refractivity contribution < 1.29 is 19.4 Å². The highest BCUT2D eigenvalue weighted by atomic mass is 16.5. The number of hydrogen-bond acceptors (Lipinski definition) is 6. The van der Waals surface area contributed by atoms with Crippen molar-refractivity contribution in [2.45, 2.75) is 105 Å². The average molecular weight is 592 g/mol. The van der Waals surface area contributed by atoms with Gasteiger partial charge in [-0.15, -0.1) is 0 Å². The number of methoxy groups -OCH3 is 2. The van der Waals surface area contributed by atoms with Crippen molar-refractivity contribution in [2.24, 2.45) is 28.6 Å². The normalized spacial score (nSPS) is 34.0. The van der Waals surface area contributed by atoms with Gasteiger partial charge in [-0.25, -0.2) is 0 Å². The number of nitrogens with one attached hydrogen (secondary N) is 1. The molecule has 2 N–H and O–H groups in total. The summed E-state index contributed by atoms with van der Waals surface area (Å²) in [5, 5.41) is 24.2. The number of hydrogen-bond donors (Lipinski definition) is 2. The molecule has 2 aromatic rings. The van der Waals surface area contributed by atoms with Gasteiger partial charge in [0.1, 0.15) is 5.60 Å². The molecular weight excluding hydrogens is 538 g/mol. The molecule has 7 nitrogen and oxygen atoms in total. The molecule has 1 aromatic carbocycles. The summed E-state index contributed by atoms with van der Waals surface area (Å²) in [6, 6.07) is 8.21. The lowest BCUT2D eigenvalue weighted by Crippen LogP contribution is -2.66. The molecule has 1 aromatic heterocycles. The molecule has 0 saturated heterocycles. The minimum atomic E-state index is -1.13. The molecule has 1 saturated carbocycles. The highest BCUT2D eigenvalue weighted by Crippen LogP contribution is 2.63. The van der Waals surface area contributed by atoms with Crippen LogP contribution in [0.5, 0.6) is 0 Å². The topological polar surface area (TPSA) is 98.6 Å². The fourth-order valence-electron chi connectivity index (χ4n) is 8.97. The Balaban J connectivity index is 2.12. The number of ether oxygens (including phenoxy) is 2. The first-order chi connectivity index (χ1) is 20.6. The summed E-state index contributed by atoms with van der Waals surface area (Å²) in [7, 11) is 3.21. The predicted octanol–water partition coefficient (Wildman–Crippen LogP) is 7.76. The van der Waals surface area contributed by atoms with Gasteiger partial charge in [-0.3, -0.25) is 9.69 Å². The van der Waals surface area contributed by atoms with Crippen LogP contribution >= 0.6 is 0 Å². The van der Waals surface area contributed by atoms with Gasteiger partial charge < -0.3 is 19.6 Å². The lowest BCUT2D eigenvalue weighted by Gasteiger charge is -2.62. The molecule has 1 unspecified atom stereocenters. The Morgan fingerprint density at radius 3 is 2.44 bits per heavy atom. The molecule has 1 aliphatic heterocycles. The summed E-state index contributed by atoms with van der Waals surface area (Å²) < 4.78 is 12.2. The first-order valence-electron chi connectivity index (χ1n) is 16.4. The number of allylic oxidation sites excluding steroid dienone is 1. The Morgan fingerprint density at radius 2 is 1.86 bits per heavy atom. The van der Waals surface area contributed by atoms with Crippen LogP contribution < -0.4 is 0 Å². The van der Waals surface area contributed by atoms with Crippen LogP contribution in [0.15, 0.2) is 30.0 Å². The number of aromatic amines is 1. The number of nitriles is 1. The van der Waals surface area contributed by atoms with Crippen LogP contribution in [0, 0.1) is 40.0 Å². The summed E-state index contributed by atoms with van der Waals surface area (Å²) in [4.78, 5) is 19.8. The number of aliphatic hydroxyl groups is 1. The Hall–Kier alpha value is -2.82. The Bertz CT molecular complexity index is 1350. The van der Waals surface area contributed by atoms with Crippen LogP contribution in [0.4, 0.5) is 0 Å². The predicted molar refractivity (Wildman–Crippen MR) is 172 cm³/mol. The molecule has 4 rings (SSSR count). The molecule has 0 radical (unpaired) electrons. The van der Waals surface area contributed by atoms with Crippen molar-refractivity contribution in [1.82, 2.24) is 9.88 Å². The number of carbonyl (C=O) groups excluding carboxylic acids is 1. The maximum absolute atomic E-state index is 14.3. The molecule has 236 valence electrons. The highest BCUT2D eigenvalue weighted by Gasteiger charge is 2.66. The van der Waals surface area contributed by atoms with Gasteiger partial charge in [0.2, 0.25) is 0 Å². The van der Waals surface area contributed by atoms with Gasteiger partial charge in [0.15, 0.2) is 6.19 Å². The molecule has 0 amide bonds. The number of fused-ring (bicyclic) bond motifs is 4. The number of nitrogens with zero attached hydrogens (tertiary/aromatic N) is 2. The van der Waals surface area contributed by atoms with E-state index in [2.05, 4.69) is 64.0 Å². The van der Waals surface area contributed by atoms with Gasteiger partial charge in [0.05, 0.1) is 24.3 Å². The monoisotopic (exact) mass is 591 g/mol. The van der Waals surface area contributed by atoms with E-state index in [-0.39, 0.29) is 29.1 Å². The van der Waals surface area contributed by atoms with E-state index in [1.54, 1.807) is 7.11 Å². The number of benzene rings is 1. The summed E-state index contributed by atoms with van der Waals surface area (Å²) >= 11 is 0. The minimum Gasteiger partial charge on any atom is -0.469 e. The molecule has 2 aliphatic rings. The van der Waals surface area contributed by atoms with Crippen molar-refractivity contribution in [3.8, 4) is 6.19 Å².